The Morgan fingerprint density at radius 2 is 1.29 bits per heavy atom. The number of likely N-dealkylation sites (tertiary alicyclic amines) is 1. The second kappa shape index (κ2) is 16.4. The minimum Gasteiger partial charge on any atom is -0.314 e. The number of hydrogen-bond donors (Lipinski definition) is 1. The third-order valence-corrected chi connectivity index (χ3v) is 5.60. The van der Waals surface area contributed by atoms with E-state index >= 15 is 0 Å². The molecule has 0 bridgehead atoms. The van der Waals surface area contributed by atoms with Crippen LogP contribution in [0.25, 0.3) is 0 Å². The fourth-order valence-corrected chi connectivity index (χ4v) is 3.95. The fourth-order valence-electron chi connectivity index (χ4n) is 3.95. The van der Waals surface area contributed by atoms with E-state index in [1.54, 1.807) is 0 Å². The Bertz CT molecular complexity index is 248. The first kappa shape index (κ1) is 22.0. The molecule has 24 heavy (non-hydrogen) atoms. The zero-order valence-corrected chi connectivity index (χ0v) is 17.0. The maximum absolute atomic E-state index is 3.90. The van der Waals surface area contributed by atoms with Crippen molar-refractivity contribution in [2.75, 3.05) is 26.2 Å². The number of unbranched alkanes of at least 4 members (excludes halogenated alkanes) is 7. The normalized spacial score (nSPS) is 17.2. The van der Waals surface area contributed by atoms with E-state index in [1.807, 2.05) is 0 Å². The number of nitrogens with zero attached hydrogens (tertiary/aromatic N) is 1. The van der Waals surface area contributed by atoms with Gasteiger partial charge in [0.15, 0.2) is 0 Å². The van der Waals surface area contributed by atoms with Gasteiger partial charge in [-0.3, -0.25) is 0 Å². The quantitative estimate of drug-likeness (QED) is 0.339. The van der Waals surface area contributed by atoms with Crippen molar-refractivity contribution in [3.05, 3.63) is 0 Å². The second-order valence-corrected chi connectivity index (χ2v) is 7.96. The van der Waals surface area contributed by atoms with Gasteiger partial charge >= 0.3 is 0 Å². The summed E-state index contributed by atoms with van der Waals surface area (Å²) >= 11 is 0. The largest absolute Gasteiger partial charge is 0.314 e. The van der Waals surface area contributed by atoms with Gasteiger partial charge in [0.1, 0.15) is 0 Å². The highest BCUT2D eigenvalue weighted by Crippen LogP contribution is 2.13. The lowest BCUT2D eigenvalue weighted by molar-refractivity contribution is 0.224. The molecule has 2 heteroatoms. The minimum absolute atomic E-state index is 0.782. The summed E-state index contributed by atoms with van der Waals surface area (Å²) in [4.78, 5) is 2.67. The summed E-state index contributed by atoms with van der Waals surface area (Å²) in [6, 6.07) is 0.782. The van der Waals surface area contributed by atoms with Crippen LogP contribution in [-0.2, 0) is 0 Å². The summed E-state index contributed by atoms with van der Waals surface area (Å²) in [6.45, 7) is 9.84. The summed E-state index contributed by atoms with van der Waals surface area (Å²) in [5, 5.41) is 3.90. The molecule has 1 unspecified atom stereocenters. The predicted molar refractivity (Wildman–Crippen MR) is 109 cm³/mol. The van der Waals surface area contributed by atoms with Crippen molar-refractivity contribution >= 4 is 0 Å². The van der Waals surface area contributed by atoms with E-state index in [1.165, 1.54) is 122 Å². The van der Waals surface area contributed by atoms with E-state index in [2.05, 4.69) is 24.1 Å². The standard InChI is InChI=1S/C22H46N2/c1-3-5-7-9-12-17-22(16-11-8-6-4-2)23-18-15-21-24-19-13-10-14-20-24/h22-23H,3-21H2,1-2H3. The van der Waals surface area contributed by atoms with Crippen molar-refractivity contribution in [3.8, 4) is 0 Å². The summed E-state index contributed by atoms with van der Waals surface area (Å²) in [5.74, 6) is 0. The SMILES string of the molecule is CCCCCCCC(CCCCCC)NCCCN1CCCCC1. The van der Waals surface area contributed by atoms with Gasteiger partial charge in [0.2, 0.25) is 0 Å². The zero-order valence-electron chi connectivity index (χ0n) is 17.0. The maximum atomic E-state index is 3.90. The summed E-state index contributed by atoms with van der Waals surface area (Å²) < 4.78 is 0. The molecule has 0 aromatic carbocycles. The van der Waals surface area contributed by atoms with Crippen LogP contribution in [0.2, 0.25) is 0 Å². The predicted octanol–water partition coefficient (Wildman–Crippen LogP) is 6.15. The van der Waals surface area contributed by atoms with E-state index in [9.17, 15) is 0 Å². The molecule has 1 saturated heterocycles. The molecule has 0 amide bonds. The molecule has 1 fully saturated rings. The van der Waals surface area contributed by atoms with Gasteiger partial charge < -0.3 is 10.2 Å². The number of rotatable bonds is 16. The first-order valence-corrected chi connectivity index (χ1v) is 11.3. The Balaban J connectivity index is 2.10. The molecule has 1 aliphatic rings. The Labute approximate surface area is 153 Å². The van der Waals surface area contributed by atoms with Crippen molar-refractivity contribution in [2.45, 2.75) is 116 Å². The van der Waals surface area contributed by atoms with Gasteiger partial charge in [0.05, 0.1) is 0 Å². The highest BCUT2D eigenvalue weighted by atomic mass is 15.1. The first-order valence-electron chi connectivity index (χ1n) is 11.3. The molecule has 1 atom stereocenters. The van der Waals surface area contributed by atoms with Crippen LogP contribution >= 0.6 is 0 Å². The summed E-state index contributed by atoms with van der Waals surface area (Å²) in [5.41, 5.74) is 0. The van der Waals surface area contributed by atoms with Crippen LogP contribution < -0.4 is 5.32 Å². The van der Waals surface area contributed by atoms with Gasteiger partial charge in [0.25, 0.3) is 0 Å². The lowest BCUT2D eigenvalue weighted by atomic mass is 10.0. The molecule has 144 valence electrons. The van der Waals surface area contributed by atoms with Gasteiger partial charge in [-0.25, -0.2) is 0 Å². The lowest BCUT2D eigenvalue weighted by Crippen LogP contribution is -2.35. The maximum Gasteiger partial charge on any atom is 0.00670 e. The van der Waals surface area contributed by atoms with E-state index in [0.29, 0.717) is 0 Å². The smallest absolute Gasteiger partial charge is 0.00670 e. The lowest BCUT2D eigenvalue weighted by Gasteiger charge is -2.27. The van der Waals surface area contributed by atoms with Gasteiger partial charge in [-0.1, -0.05) is 78.1 Å². The van der Waals surface area contributed by atoms with Gasteiger partial charge in [0, 0.05) is 6.04 Å². The number of piperidine rings is 1. The van der Waals surface area contributed by atoms with Crippen molar-refractivity contribution in [2.24, 2.45) is 0 Å². The van der Waals surface area contributed by atoms with Crippen LogP contribution in [-0.4, -0.2) is 37.1 Å². The van der Waals surface area contributed by atoms with E-state index in [-0.39, 0.29) is 0 Å². The third kappa shape index (κ3) is 12.3. The molecule has 2 nitrogen and oxygen atoms in total. The first-order chi connectivity index (χ1) is 11.9. The molecule has 0 aliphatic carbocycles. The van der Waals surface area contributed by atoms with Gasteiger partial charge in [-0.05, 0) is 58.3 Å². The zero-order chi connectivity index (χ0) is 17.3. The Hall–Kier alpha value is -0.0800. The molecule has 1 aliphatic heterocycles. The molecule has 0 aromatic heterocycles. The van der Waals surface area contributed by atoms with Crippen LogP contribution in [0.5, 0.6) is 0 Å². The highest BCUT2D eigenvalue weighted by Gasteiger charge is 2.11. The molecular weight excluding hydrogens is 292 g/mol. The molecule has 1 rings (SSSR count). The molecule has 0 spiro atoms. The number of nitrogens with one attached hydrogen (secondary N) is 1. The van der Waals surface area contributed by atoms with E-state index < -0.39 is 0 Å². The minimum atomic E-state index is 0.782. The van der Waals surface area contributed by atoms with Crippen molar-refractivity contribution < 1.29 is 0 Å². The Morgan fingerprint density at radius 3 is 1.92 bits per heavy atom. The molecule has 1 N–H and O–H groups in total. The topological polar surface area (TPSA) is 15.3 Å². The van der Waals surface area contributed by atoms with Crippen LogP contribution in [0.4, 0.5) is 0 Å². The molecule has 0 saturated carbocycles. The molecular formula is C22H46N2. The van der Waals surface area contributed by atoms with Crippen molar-refractivity contribution in [1.82, 2.24) is 10.2 Å². The monoisotopic (exact) mass is 338 g/mol. The van der Waals surface area contributed by atoms with Crippen LogP contribution in [0, 0.1) is 0 Å². The fraction of sp³-hybridized carbons (Fsp3) is 1.00. The van der Waals surface area contributed by atoms with E-state index in [0.717, 1.165) is 6.04 Å². The average molecular weight is 339 g/mol. The number of hydrogen-bond acceptors (Lipinski definition) is 2. The summed E-state index contributed by atoms with van der Waals surface area (Å²) in [6.07, 6.45) is 21.1. The second-order valence-electron chi connectivity index (χ2n) is 7.96. The Kier molecular flexibility index (Phi) is 15.0. The summed E-state index contributed by atoms with van der Waals surface area (Å²) in [7, 11) is 0. The Morgan fingerprint density at radius 1 is 0.708 bits per heavy atom. The highest BCUT2D eigenvalue weighted by molar-refractivity contribution is 4.69. The van der Waals surface area contributed by atoms with Crippen LogP contribution in [0.15, 0.2) is 0 Å². The van der Waals surface area contributed by atoms with Crippen molar-refractivity contribution in [3.63, 3.8) is 0 Å². The molecule has 1 heterocycles. The molecule has 0 aromatic rings. The average Bonchev–Trinajstić information content (AvgIpc) is 2.62. The van der Waals surface area contributed by atoms with E-state index in [4.69, 9.17) is 0 Å². The van der Waals surface area contributed by atoms with Gasteiger partial charge in [-0.15, -0.1) is 0 Å². The van der Waals surface area contributed by atoms with Crippen molar-refractivity contribution in [1.29, 1.82) is 0 Å². The van der Waals surface area contributed by atoms with Gasteiger partial charge in [-0.2, -0.15) is 0 Å². The third-order valence-electron chi connectivity index (χ3n) is 5.60. The molecule has 0 radical (unpaired) electrons. The van der Waals surface area contributed by atoms with Crippen LogP contribution in [0.1, 0.15) is 110 Å². The van der Waals surface area contributed by atoms with Crippen LogP contribution in [0.3, 0.4) is 0 Å².